The molecule has 6 nitrogen and oxygen atoms in total. The predicted octanol–water partition coefficient (Wildman–Crippen LogP) is 3.82. The van der Waals surface area contributed by atoms with E-state index in [2.05, 4.69) is 17.9 Å². The van der Waals surface area contributed by atoms with E-state index >= 15 is 0 Å². The zero-order chi connectivity index (χ0) is 20.4. The fraction of sp³-hybridized carbons (Fsp3) is 0.522. The number of hydrogen-bond donors (Lipinski definition) is 0. The summed E-state index contributed by atoms with van der Waals surface area (Å²) in [7, 11) is 1.72. The second-order valence-electron chi connectivity index (χ2n) is 7.91. The quantitative estimate of drug-likeness (QED) is 0.772. The van der Waals surface area contributed by atoms with Crippen molar-refractivity contribution in [2.45, 2.75) is 58.5 Å². The number of para-hydroxylation sites is 1. The minimum atomic E-state index is 0.00138. The predicted molar refractivity (Wildman–Crippen MR) is 113 cm³/mol. The largest absolute Gasteiger partial charge is 0.496 e. The number of aryl methyl sites for hydroxylation is 1. The lowest BCUT2D eigenvalue weighted by molar-refractivity contribution is -0.131. The van der Waals surface area contributed by atoms with Crippen LogP contribution in [0.1, 0.15) is 61.3 Å². The van der Waals surface area contributed by atoms with Gasteiger partial charge in [-0.2, -0.15) is 0 Å². The van der Waals surface area contributed by atoms with Crippen LogP contribution in [0.15, 0.2) is 24.3 Å². The molecule has 1 saturated heterocycles. The second-order valence-corrected chi connectivity index (χ2v) is 7.91. The summed E-state index contributed by atoms with van der Waals surface area (Å²) in [6, 6.07) is 8.16. The lowest BCUT2D eigenvalue weighted by Crippen LogP contribution is -2.34. The number of ether oxygens (including phenoxy) is 1. The molecular formula is C23H30N4O2. The number of aromatic nitrogens is 2. The van der Waals surface area contributed by atoms with Crippen LogP contribution in [0.2, 0.25) is 0 Å². The van der Waals surface area contributed by atoms with E-state index in [1.807, 2.05) is 30.0 Å². The first-order chi connectivity index (χ1) is 14.1. The highest BCUT2D eigenvalue weighted by Gasteiger charge is 2.33. The summed E-state index contributed by atoms with van der Waals surface area (Å²) in [5, 5.41) is 0. The highest BCUT2D eigenvalue weighted by Crippen LogP contribution is 2.35. The Balaban J connectivity index is 1.68. The molecule has 0 bridgehead atoms. The average Bonchev–Trinajstić information content (AvgIpc) is 3.24. The average molecular weight is 395 g/mol. The van der Waals surface area contributed by atoms with Gasteiger partial charge in [0.1, 0.15) is 11.6 Å². The van der Waals surface area contributed by atoms with Gasteiger partial charge in [0, 0.05) is 42.9 Å². The topological polar surface area (TPSA) is 58.6 Å². The van der Waals surface area contributed by atoms with Crippen molar-refractivity contribution in [1.29, 1.82) is 0 Å². The number of carbonyl (C=O) groups is 1. The summed E-state index contributed by atoms with van der Waals surface area (Å²) in [6.45, 7) is 6.53. The zero-order valence-corrected chi connectivity index (χ0v) is 17.6. The molecule has 0 N–H and O–H groups in total. The Morgan fingerprint density at radius 3 is 2.83 bits per heavy atom. The van der Waals surface area contributed by atoms with Crippen LogP contribution in [0.3, 0.4) is 0 Å². The number of rotatable bonds is 5. The van der Waals surface area contributed by atoms with Crippen molar-refractivity contribution in [2.75, 3.05) is 25.1 Å². The number of anilines is 1. The molecule has 1 aromatic carbocycles. The SMILES string of the molecule is CCC(=O)N1CCC[C@H]1c1nc(C)c2c(n1)N(Cc1ccccc1OC)CCC2. The van der Waals surface area contributed by atoms with E-state index < -0.39 is 0 Å². The van der Waals surface area contributed by atoms with Gasteiger partial charge in [-0.05, 0) is 38.7 Å². The summed E-state index contributed by atoms with van der Waals surface area (Å²) in [5.41, 5.74) is 3.44. The van der Waals surface area contributed by atoms with Crippen LogP contribution in [0.25, 0.3) is 0 Å². The Morgan fingerprint density at radius 2 is 2.03 bits per heavy atom. The first-order valence-electron chi connectivity index (χ1n) is 10.7. The molecule has 2 aliphatic rings. The van der Waals surface area contributed by atoms with Crippen molar-refractivity contribution in [3.05, 3.63) is 46.9 Å². The van der Waals surface area contributed by atoms with Gasteiger partial charge < -0.3 is 14.5 Å². The van der Waals surface area contributed by atoms with Crippen LogP contribution in [-0.2, 0) is 17.8 Å². The molecule has 154 valence electrons. The van der Waals surface area contributed by atoms with Crippen LogP contribution in [0.4, 0.5) is 5.82 Å². The van der Waals surface area contributed by atoms with Crippen LogP contribution in [0, 0.1) is 6.92 Å². The van der Waals surface area contributed by atoms with Crippen LogP contribution in [0.5, 0.6) is 5.75 Å². The maximum atomic E-state index is 12.4. The molecule has 1 aromatic heterocycles. The molecule has 2 aliphatic heterocycles. The molecule has 2 aromatic rings. The minimum absolute atomic E-state index is 0.00138. The molecular weight excluding hydrogens is 364 g/mol. The Bertz CT molecular complexity index is 898. The highest BCUT2D eigenvalue weighted by atomic mass is 16.5. The number of likely N-dealkylation sites (tertiary alicyclic amines) is 1. The van der Waals surface area contributed by atoms with E-state index in [0.29, 0.717) is 6.42 Å². The second kappa shape index (κ2) is 8.39. The van der Waals surface area contributed by atoms with Gasteiger partial charge in [0.15, 0.2) is 5.82 Å². The van der Waals surface area contributed by atoms with Gasteiger partial charge in [-0.25, -0.2) is 9.97 Å². The maximum absolute atomic E-state index is 12.4. The van der Waals surface area contributed by atoms with Gasteiger partial charge >= 0.3 is 0 Å². The van der Waals surface area contributed by atoms with Crippen molar-refractivity contribution < 1.29 is 9.53 Å². The Hall–Kier alpha value is -2.63. The van der Waals surface area contributed by atoms with Gasteiger partial charge in [0.25, 0.3) is 0 Å². The minimum Gasteiger partial charge on any atom is -0.496 e. The molecule has 0 spiro atoms. The molecule has 4 rings (SSSR count). The van der Waals surface area contributed by atoms with Gasteiger partial charge in [0.2, 0.25) is 5.91 Å². The number of benzene rings is 1. The van der Waals surface area contributed by atoms with Gasteiger partial charge in [-0.15, -0.1) is 0 Å². The standard InChI is InChI=1S/C23H30N4O2/c1-4-21(28)27-14-8-11-19(27)22-24-16(2)18-10-7-13-26(23(18)25-22)15-17-9-5-6-12-20(17)29-3/h5-6,9,12,19H,4,7-8,10-11,13-15H2,1-3H3/t19-/m0/s1. The van der Waals surface area contributed by atoms with E-state index in [9.17, 15) is 4.79 Å². The molecule has 1 amide bonds. The summed E-state index contributed by atoms with van der Waals surface area (Å²) < 4.78 is 5.55. The lowest BCUT2D eigenvalue weighted by Gasteiger charge is -2.32. The first kappa shape index (κ1) is 19.7. The van der Waals surface area contributed by atoms with Crippen molar-refractivity contribution in [2.24, 2.45) is 0 Å². The molecule has 0 aliphatic carbocycles. The number of nitrogens with zero attached hydrogens (tertiary/aromatic N) is 4. The lowest BCUT2D eigenvalue weighted by atomic mass is 10.0. The van der Waals surface area contributed by atoms with Crippen molar-refractivity contribution >= 4 is 11.7 Å². The van der Waals surface area contributed by atoms with E-state index in [-0.39, 0.29) is 11.9 Å². The summed E-state index contributed by atoms with van der Waals surface area (Å²) in [5.74, 6) is 2.92. The van der Waals surface area contributed by atoms with Gasteiger partial charge in [0.05, 0.1) is 13.2 Å². The van der Waals surface area contributed by atoms with Crippen LogP contribution < -0.4 is 9.64 Å². The summed E-state index contributed by atoms with van der Waals surface area (Å²) in [4.78, 5) is 26.6. The molecule has 1 fully saturated rings. The van der Waals surface area contributed by atoms with Crippen molar-refractivity contribution in [3.63, 3.8) is 0 Å². The van der Waals surface area contributed by atoms with Gasteiger partial charge in [-0.3, -0.25) is 4.79 Å². The van der Waals surface area contributed by atoms with Crippen molar-refractivity contribution in [3.8, 4) is 5.75 Å². The van der Waals surface area contributed by atoms with E-state index in [1.54, 1.807) is 7.11 Å². The number of amides is 1. The van der Waals surface area contributed by atoms with Gasteiger partial charge in [-0.1, -0.05) is 25.1 Å². The molecule has 1 atom stereocenters. The third-order valence-corrected chi connectivity index (χ3v) is 6.09. The summed E-state index contributed by atoms with van der Waals surface area (Å²) in [6.07, 6.45) is 4.58. The molecule has 29 heavy (non-hydrogen) atoms. The third kappa shape index (κ3) is 3.80. The van der Waals surface area contributed by atoms with Crippen LogP contribution in [-0.4, -0.2) is 41.0 Å². The fourth-order valence-corrected chi connectivity index (χ4v) is 4.59. The smallest absolute Gasteiger partial charge is 0.222 e. The fourth-order valence-electron chi connectivity index (χ4n) is 4.59. The number of methoxy groups -OCH3 is 1. The molecule has 0 saturated carbocycles. The Morgan fingerprint density at radius 1 is 1.21 bits per heavy atom. The first-order valence-corrected chi connectivity index (χ1v) is 10.7. The number of fused-ring (bicyclic) bond motifs is 1. The Kier molecular flexibility index (Phi) is 5.69. The maximum Gasteiger partial charge on any atom is 0.222 e. The normalized spacial score (nSPS) is 18.7. The highest BCUT2D eigenvalue weighted by molar-refractivity contribution is 5.76. The zero-order valence-electron chi connectivity index (χ0n) is 17.6. The monoisotopic (exact) mass is 394 g/mol. The Labute approximate surface area is 172 Å². The summed E-state index contributed by atoms with van der Waals surface area (Å²) >= 11 is 0. The van der Waals surface area contributed by atoms with E-state index in [1.165, 1.54) is 5.56 Å². The van der Waals surface area contributed by atoms with E-state index in [4.69, 9.17) is 14.7 Å². The molecule has 3 heterocycles. The number of carbonyl (C=O) groups excluding carboxylic acids is 1. The van der Waals surface area contributed by atoms with Crippen LogP contribution >= 0.6 is 0 Å². The number of hydrogen-bond acceptors (Lipinski definition) is 5. The van der Waals surface area contributed by atoms with E-state index in [0.717, 1.165) is 74.0 Å². The molecule has 0 unspecified atom stereocenters. The third-order valence-electron chi connectivity index (χ3n) is 6.09. The molecule has 6 heteroatoms. The molecule has 0 radical (unpaired) electrons. The van der Waals surface area contributed by atoms with Crippen molar-refractivity contribution in [1.82, 2.24) is 14.9 Å².